The van der Waals surface area contributed by atoms with Crippen LogP contribution in [0.2, 0.25) is 0 Å². The van der Waals surface area contributed by atoms with Crippen molar-refractivity contribution in [2.24, 2.45) is 5.92 Å². The molecule has 0 saturated carbocycles. The minimum Gasteiger partial charge on any atom is -0.478 e. The third-order valence-corrected chi connectivity index (χ3v) is 2.08. The summed E-state index contributed by atoms with van der Waals surface area (Å²) in [6.07, 6.45) is 3.35. The van der Waals surface area contributed by atoms with Crippen molar-refractivity contribution in [1.82, 2.24) is 4.98 Å². The Hall–Kier alpha value is -1.38. The van der Waals surface area contributed by atoms with Gasteiger partial charge in [-0.1, -0.05) is 13.8 Å². The molecule has 0 fully saturated rings. The van der Waals surface area contributed by atoms with Crippen molar-refractivity contribution < 1.29 is 9.90 Å². The first-order valence-electron chi connectivity index (χ1n) is 4.78. The second-order valence-corrected chi connectivity index (χ2v) is 3.74. The van der Waals surface area contributed by atoms with E-state index in [1.807, 2.05) is 0 Å². The maximum Gasteiger partial charge on any atom is 0.337 e. The summed E-state index contributed by atoms with van der Waals surface area (Å²) in [5.74, 6) is -0.324. The van der Waals surface area contributed by atoms with Gasteiger partial charge >= 0.3 is 5.97 Å². The van der Waals surface area contributed by atoms with Crippen LogP contribution in [-0.2, 0) is 6.42 Å². The predicted molar refractivity (Wildman–Crippen MR) is 54.4 cm³/mol. The van der Waals surface area contributed by atoms with Gasteiger partial charge in [0.1, 0.15) is 0 Å². The summed E-state index contributed by atoms with van der Waals surface area (Å²) in [4.78, 5) is 14.9. The van der Waals surface area contributed by atoms with Gasteiger partial charge in [-0.15, -0.1) is 0 Å². The van der Waals surface area contributed by atoms with E-state index in [1.165, 1.54) is 0 Å². The molecule has 0 atom stereocenters. The van der Waals surface area contributed by atoms with E-state index in [1.54, 1.807) is 18.3 Å². The monoisotopic (exact) mass is 193 g/mol. The number of hydrogen-bond donors (Lipinski definition) is 1. The zero-order valence-electron chi connectivity index (χ0n) is 8.53. The molecule has 0 spiro atoms. The number of carboxylic acid groups (broad SMARTS) is 1. The number of pyridine rings is 1. The lowest BCUT2D eigenvalue weighted by molar-refractivity contribution is 0.0695. The van der Waals surface area contributed by atoms with E-state index in [4.69, 9.17) is 5.11 Å². The van der Waals surface area contributed by atoms with Gasteiger partial charge in [0, 0.05) is 6.20 Å². The summed E-state index contributed by atoms with van der Waals surface area (Å²) in [7, 11) is 0. The summed E-state index contributed by atoms with van der Waals surface area (Å²) < 4.78 is 0. The fraction of sp³-hybridized carbons (Fsp3) is 0.455. The molecule has 0 aromatic carbocycles. The second-order valence-electron chi connectivity index (χ2n) is 3.74. The van der Waals surface area contributed by atoms with Gasteiger partial charge in [-0.25, -0.2) is 4.79 Å². The van der Waals surface area contributed by atoms with Crippen LogP contribution in [0, 0.1) is 5.92 Å². The largest absolute Gasteiger partial charge is 0.478 e. The molecule has 1 heterocycles. The Morgan fingerprint density at radius 1 is 1.57 bits per heavy atom. The van der Waals surface area contributed by atoms with Crippen LogP contribution in [0.15, 0.2) is 18.3 Å². The quantitative estimate of drug-likeness (QED) is 0.798. The Balaban J connectivity index is 2.79. The van der Waals surface area contributed by atoms with Crippen molar-refractivity contribution in [1.29, 1.82) is 0 Å². The zero-order valence-corrected chi connectivity index (χ0v) is 8.53. The van der Waals surface area contributed by atoms with Crippen molar-refractivity contribution >= 4 is 5.97 Å². The van der Waals surface area contributed by atoms with E-state index in [2.05, 4.69) is 18.8 Å². The molecule has 3 heteroatoms. The molecule has 1 rings (SSSR count). The van der Waals surface area contributed by atoms with Crippen molar-refractivity contribution in [3.05, 3.63) is 29.6 Å². The number of aryl methyl sites for hydroxylation is 1. The number of rotatable bonds is 4. The third kappa shape index (κ3) is 2.83. The molecule has 0 aliphatic carbocycles. The van der Waals surface area contributed by atoms with Gasteiger partial charge in [0.05, 0.1) is 11.3 Å². The number of hydrogen-bond acceptors (Lipinski definition) is 2. The van der Waals surface area contributed by atoms with Crippen LogP contribution in [0.1, 0.15) is 36.3 Å². The maximum atomic E-state index is 10.8. The highest BCUT2D eigenvalue weighted by Gasteiger charge is 2.10. The number of nitrogens with zero attached hydrogens (tertiary/aromatic N) is 1. The van der Waals surface area contributed by atoms with E-state index in [-0.39, 0.29) is 0 Å². The highest BCUT2D eigenvalue weighted by atomic mass is 16.4. The van der Waals surface area contributed by atoms with Gasteiger partial charge in [0.15, 0.2) is 0 Å². The number of aromatic carboxylic acids is 1. The van der Waals surface area contributed by atoms with Gasteiger partial charge in [-0.2, -0.15) is 0 Å². The van der Waals surface area contributed by atoms with Crippen LogP contribution in [0.4, 0.5) is 0 Å². The van der Waals surface area contributed by atoms with Gasteiger partial charge in [0.25, 0.3) is 0 Å². The molecule has 0 amide bonds. The molecule has 76 valence electrons. The Bertz CT molecular complexity index is 321. The predicted octanol–water partition coefficient (Wildman–Crippen LogP) is 2.37. The van der Waals surface area contributed by atoms with Gasteiger partial charge in [0.2, 0.25) is 0 Å². The van der Waals surface area contributed by atoms with Crippen LogP contribution in [0.3, 0.4) is 0 Å². The number of aromatic nitrogens is 1. The average Bonchev–Trinajstić information content (AvgIpc) is 2.15. The molecule has 0 aliphatic rings. The van der Waals surface area contributed by atoms with E-state index < -0.39 is 5.97 Å². The highest BCUT2D eigenvalue weighted by Crippen LogP contribution is 2.11. The molecular formula is C11H15NO2. The smallest absolute Gasteiger partial charge is 0.337 e. The highest BCUT2D eigenvalue weighted by molar-refractivity contribution is 5.88. The summed E-state index contributed by atoms with van der Waals surface area (Å²) in [5, 5.41) is 8.89. The topological polar surface area (TPSA) is 50.2 Å². The Kier molecular flexibility index (Phi) is 3.63. The van der Waals surface area contributed by atoms with E-state index in [0.717, 1.165) is 12.8 Å². The van der Waals surface area contributed by atoms with Crippen molar-refractivity contribution in [3.8, 4) is 0 Å². The van der Waals surface area contributed by atoms with E-state index >= 15 is 0 Å². The molecule has 1 N–H and O–H groups in total. The first kappa shape index (κ1) is 10.7. The van der Waals surface area contributed by atoms with Crippen molar-refractivity contribution in [2.45, 2.75) is 26.7 Å². The van der Waals surface area contributed by atoms with Crippen LogP contribution in [0.25, 0.3) is 0 Å². The molecule has 0 unspecified atom stereocenters. The third-order valence-electron chi connectivity index (χ3n) is 2.08. The summed E-state index contributed by atoms with van der Waals surface area (Å²) in [6.45, 7) is 4.23. The first-order chi connectivity index (χ1) is 6.61. The summed E-state index contributed by atoms with van der Waals surface area (Å²) in [5.41, 5.74) is 1.02. The second kappa shape index (κ2) is 4.74. The minimum atomic E-state index is -0.892. The summed E-state index contributed by atoms with van der Waals surface area (Å²) in [6, 6.07) is 3.26. The zero-order chi connectivity index (χ0) is 10.6. The fourth-order valence-corrected chi connectivity index (χ4v) is 1.26. The Morgan fingerprint density at radius 2 is 2.29 bits per heavy atom. The lowest BCUT2D eigenvalue weighted by Gasteiger charge is -2.06. The lowest BCUT2D eigenvalue weighted by Crippen LogP contribution is -2.05. The minimum absolute atomic E-state index is 0.327. The first-order valence-corrected chi connectivity index (χ1v) is 4.78. The molecule has 0 bridgehead atoms. The Morgan fingerprint density at radius 3 is 2.86 bits per heavy atom. The van der Waals surface area contributed by atoms with Crippen molar-refractivity contribution in [3.63, 3.8) is 0 Å². The number of carboxylic acids is 1. The van der Waals surface area contributed by atoms with Gasteiger partial charge in [-0.3, -0.25) is 4.98 Å². The number of carbonyl (C=O) groups is 1. The SMILES string of the molecule is CC(C)CCc1ncccc1C(=O)O. The lowest BCUT2D eigenvalue weighted by atomic mass is 10.0. The van der Waals surface area contributed by atoms with Crippen LogP contribution < -0.4 is 0 Å². The molecular weight excluding hydrogens is 178 g/mol. The molecule has 0 aliphatic heterocycles. The fourth-order valence-electron chi connectivity index (χ4n) is 1.26. The summed E-state index contributed by atoms with van der Waals surface area (Å²) >= 11 is 0. The normalized spacial score (nSPS) is 10.5. The van der Waals surface area contributed by atoms with Crippen LogP contribution >= 0.6 is 0 Å². The molecule has 0 saturated heterocycles. The molecule has 0 radical (unpaired) electrons. The molecule has 3 nitrogen and oxygen atoms in total. The van der Waals surface area contributed by atoms with Crippen LogP contribution in [-0.4, -0.2) is 16.1 Å². The standard InChI is InChI=1S/C11H15NO2/c1-8(2)5-6-10-9(11(13)14)4-3-7-12-10/h3-4,7-8H,5-6H2,1-2H3,(H,13,14). The average molecular weight is 193 g/mol. The van der Waals surface area contributed by atoms with E-state index in [0.29, 0.717) is 17.2 Å². The van der Waals surface area contributed by atoms with Gasteiger partial charge in [-0.05, 0) is 30.9 Å². The van der Waals surface area contributed by atoms with E-state index in [9.17, 15) is 4.79 Å². The molecule has 14 heavy (non-hydrogen) atoms. The Labute approximate surface area is 83.8 Å². The maximum absolute atomic E-state index is 10.8. The van der Waals surface area contributed by atoms with Crippen LogP contribution in [0.5, 0.6) is 0 Å². The van der Waals surface area contributed by atoms with Crippen molar-refractivity contribution in [2.75, 3.05) is 0 Å². The molecule has 1 aromatic rings. The molecule has 1 aromatic heterocycles. The van der Waals surface area contributed by atoms with Gasteiger partial charge < -0.3 is 5.11 Å².